The molecule has 2 heterocycles. The number of β-amino-alcohol motifs (C(OH)–C–C–N with tert-alkyl or cyclic N) is 1. The van der Waals surface area contributed by atoms with Crippen molar-refractivity contribution in [3.05, 3.63) is 35.4 Å². The first-order chi connectivity index (χ1) is 11.1. The van der Waals surface area contributed by atoms with E-state index >= 15 is 0 Å². The van der Waals surface area contributed by atoms with Crippen molar-refractivity contribution in [1.82, 2.24) is 15.5 Å². The molecule has 0 saturated carbocycles. The van der Waals surface area contributed by atoms with E-state index in [0.29, 0.717) is 30.8 Å². The molecule has 1 fully saturated rings. The van der Waals surface area contributed by atoms with Crippen LogP contribution in [0.3, 0.4) is 0 Å². The summed E-state index contributed by atoms with van der Waals surface area (Å²) < 4.78 is 0. The van der Waals surface area contributed by atoms with Crippen molar-refractivity contribution in [1.29, 1.82) is 0 Å². The number of carbonyl (C=O) groups is 3. The van der Waals surface area contributed by atoms with Crippen molar-refractivity contribution in [3.8, 4) is 0 Å². The molecule has 130 valence electrons. The van der Waals surface area contributed by atoms with Crippen molar-refractivity contribution in [2.24, 2.45) is 5.92 Å². The maximum atomic E-state index is 12.2. The Labute approximate surface area is 145 Å². The van der Waals surface area contributed by atoms with Gasteiger partial charge in [-0.2, -0.15) is 0 Å². The summed E-state index contributed by atoms with van der Waals surface area (Å²) in [6.45, 7) is 1.65. The van der Waals surface area contributed by atoms with Gasteiger partial charge in [0.15, 0.2) is 0 Å². The average molecular weight is 354 g/mol. The molecule has 2 aliphatic heterocycles. The lowest BCUT2D eigenvalue weighted by Crippen LogP contribution is -2.37. The fourth-order valence-corrected chi connectivity index (χ4v) is 2.92. The highest BCUT2D eigenvalue weighted by Gasteiger charge is 2.35. The van der Waals surface area contributed by atoms with Crippen molar-refractivity contribution in [3.63, 3.8) is 0 Å². The second-order valence-corrected chi connectivity index (χ2v) is 5.85. The molecular formula is C16H20ClN3O4. The lowest BCUT2D eigenvalue weighted by atomic mass is 10.1. The van der Waals surface area contributed by atoms with Gasteiger partial charge in [0, 0.05) is 38.5 Å². The van der Waals surface area contributed by atoms with Gasteiger partial charge in [0.25, 0.3) is 11.8 Å². The van der Waals surface area contributed by atoms with Crippen LogP contribution in [0.2, 0.25) is 0 Å². The number of aliphatic hydroxyl groups excluding tert-OH is 1. The van der Waals surface area contributed by atoms with Crippen LogP contribution in [0, 0.1) is 5.92 Å². The Morgan fingerprint density at radius 3 is 2.38 bits per heavy atom. The van der Waals surface area contributed by atoms with Crippen LogP contribution < -0.4 is 10.6 Å². The summed E-state index contributed by atoms with van der Waals surface area (Å²) in [6, 6.07) is 6.65. The molecule has 0 radical (unpaired) electrons. The number of amides is 3. The number of fused-ring (bicyclic) bond motifs is 1. The van der Waals surface area contributed by atoms with Crippen LogP contribution in [0.25, 0.3) is 0 Å². The van der Waals surface area contributed by atoms with E-state index in [1.54, 1.807) is 24.3 Å². The molecule has 0 aliphatic carbocycles. The zero-order valence-electron chi connectivity index (χ0n) is 13.0. The predicted octanol–water partition coefficient (Wildman–Crippen LogP) is -0.209. The van der Waals surface area contributed by atoms with Crippen LogP contribution in [-0.4, -0.2) is 60.0 Å². The third kappa shape index (κ3) is 3.58. The number of imide groups is 1. The monoisotopic (exact) mass is 353 g/mol. The van der Waals surface area contributed by atoms with E-state index in [1.165, 1.54) is 0 Å². The second-order valence-electron chi connectivity index (χ2n) is 5.85. The summed E-state index contributed by atoms with van der Waals surface area (Å²) in [6.07, 6.45) is -0.395. The minimum Gasteiger partial charge on any atom is -0.391 e. The molecular weight excluding hydrogens is 334 g/mol. The van der Waals surface area contributed by atoms with Gasteiger partial charge in [0.2, 0.25) is 5.91 Å². The zero-order chi connectivity index (χ0) is 16.4. The quantitative estimate of drug-likeness (QED) is 0.636. The molecule has 3 rings (SSSR count). The Morgan fingerprint density at radius 2 is 1.83 bits per heavy atom. The summed E-state index contributed by atoms with van der Waals surface area (Å²) in [7, 11) is 0. The number of aliphatic hydroxyl groups is 1. The van der Waals surface area contributed by atoms with Crippen LogP contribution in [0.1, 0.15) is 27.1 Å². The average Bonchev–Trinajstić information content (AvgIpc) is 3.07. The number of hydrogen-bond acceptors (Lipinski definition) is 5. The zero-order valence-corrected chi connectivity index (χ0v) is 13.8. The molecule has 2 unspecified atom stereocenters. The fraction of sp³-hybridized carbons (Fsp3) is 0.438. The number of nitrogens with one attached hydrogen (secondary N) is 2. The second kappa shape index (κ2) is 7.74. The normalized spacial score (nSPS) is 22.3. The minimum absolute atomic E-state index is 0. The molecule has 24 heavy (non-hydrogen) atoms. The first-order valence-corrected chi connectivity index (χ1v) is 7.68. The summed E-state index contributed by atoms with van der Waals surface area (Å²) >= 11 is 0. The highest BCUT2D eigenvalue weighted by molar-refractivity contribution is 6.21. The van der Waals surface area contributed by atoms with Crippen LogP contribution in [-0.2, 0) is 4.79 Å². The smallest absolute Gasteiger partial charge is 0.261 e. The summed E-state index contributed by atoms with van der Waals surface area (Å²) in [5.41, 5.74) is 0.774. The molecule has 7 nitrogen and oxygen atoms in total. The molecule has 2 atom stereocenters. The van der Waals surface area contributed by atoms with Gasteiger partial charge in [-0.15, -0.1) is 12.4 Å². The van der Waals surface area contributed by atoms with Gasteiger partial charge < -0.3 is 15.7 Å². The number of rotatable bonds is 5. The fourth-order valence-electron chi connectivity index (χ4n) is 2.92. The lowest BCUT2D eigenvalue weighted by Gasteiger charge is -2.16. The summed E-state index contributed by atoms with van der Waals surface area (Å²) in [5.74, 6) is -0.943. The van der Waals surface area contributed by atoms with Crippen LogP contribution in [0.15, 0.2) is 24.3 Å². The number of nitrogens with zero attached hydrogens (tertiary/aromatic N) is 1. The van der Waals surface area contributed by atoms with Crippen molar-refractivity contribution >= 4 is 30.1 Å². The molecule has 0 bridgehead atoms. The van der Waals surface area contributed by atoms with Crippen LogP contribution in [0.5, 0.6) is 0 Å². The highest BCUT2D eigenvalue weighted by Crippen LogP contribution is 2.22. The van der Waals surface area contributed by atoms with Crippen LogP contribution >= 0.6 is 12.4 Å². The molecule has 1 saturated heterocycles. The van der Waals surface area contributed by atoms with Gasteiger partial charge in [0.1, 0.15) is 0 Å². The van der Waals surface area contributed by atoms with Gasteiger partial charge in [-0.05, 0) is 12.1 Å². The SMILES string of the molecule is Cl.O=C(CCN1C(=O)c2ccccc2C1=O)NCC1CNCC1O. The van der Waals surface area contributed by atoms with E-state index in [0.717, 1.165) is 4.90 Å². The van der Waals surface area contributed by atoms with Gasteiger partial charge in [-0.1, -0.05) is 12.1 Å². The molecule has 3 N–H and O–H groups in total. The maximum absolute atomic E-state index is 12.2. The topological polar surface area (TPSA) is 98.7 Å². The molecule has 3 amide bonds. The van der Waals surface area contributed by atoms with E-state index in [1.807, 2.05) is 0 Å². The van der Waals surface area contributed by atoms with Gasteiger partial charge in [-0.25, -0.2) is 0 Å². The maximum Gasteiger partial charge on any atom is 0.261 e. The Kier molecular flexibility index (Phi) is 5.93. The van der Waals surface area contributed by atoms with E-state index in [-0.39, 0.29) is 49.0 Å². The number of benzene rings is 1. The Balaban J connectivity index is 0.00000208. The van der Waals surface area contributed by atoms with Gasteiger partial charge >= 0.3 is 0 Å². The Morgan fingerprint density at radius 1 is 1.21 bits per heavy atom. The molecule has 8 heteroatoms. The highest BCUT2D eigenvalue weighted by atomic mass is 35.5. The van der Waals surface area contributed by atoms with Crippen molar-refractivity contribution in [2.45, 2.75) is 12.5 Å². The molecule has 1 aromatic carbocycles. The molecule has 0 aromatic heterocycles. The lowest BCUT2D eigenvalue weighted by molar-refractivity contribution is -0.121. The standard InChI is InChI=1S/C16H19N3O4.ClH/c20-13-9-17-7-10(13)8-18-14(21)5-6-19-15(22)11-3-1-2-4-12(11)16(19)23;/h1-4,10,13,17,20H,5-9H2,(H,18,21);1H. The Bertz CT molecular complexity index is 617. The number of hydrogen-bond donors (Lipinski definition) is 3. The van der Waals surface area contributed by atoms with E-state index in [2.05, 4.69) is 10.6 Å². The predicted molar refractivity (Wildman–Crippen MR) is 89.1 cm³/mol. The van der Waals surface area contributed by atoms with Gasteiger partial charge in [-0.3, -0.25) is 19.3 Å². The molecule has 1 aromatic rings. The van der Waals surface area contributed by atoms with E-state index in [4.69, 9.17) is 0 Å². The van der Waals surface area contributed by atoms with Crippen LogP contribution in [0.4, 0.5) is 0 Å². The first kappa shape index (κ1) is 18.4. The Hall–Kier alpha value is -1.96. The number of halogens is 1. The van der Waals surface area contributed by atoms with Gasteiger partial charge in [0.05, 0.1) is 17.2 Å². The largest absolute Gasteiger partial charge is 0.391 e. The van der Waals surface area contributed by atoms with E-state index < -0.39 is 6.10 Å². The molecule has 0 spiro atoms. The van der Waals surface area contributed by atoms with Crippen molar-refractivity contribution in [2.75, 3.05) is 26.2 Å². The summed E-state index contributed by atoms with van der Waals surface area (Å²) in [5, 5.41) is 15.4. The number of carbonyl (C=O) groups excluding carboxylic acids is 3. The third-order valence-electron chi connectivity index (χ3n) is 4.31. The third-order valence-corrected chi connectivity index (χ3v) is 4.31. The minimum atomic E-state index is -0.452. The molecule has 2 aliphatic rings. The summed E-state index contributed by atoms with van der Waals surface area (Å²) in [4.78, 5) is 37.3. The van der Waals surface area contributed by atoms with E-state index in [9.17, 15) is 19.5 Å². The first-order valence-electron chi connectivity index (χ1n) is 7.68. The van der Waals surface area contributed by atoms with Crippen molar-refractivity contribution < 1.29 is 19.5 Å².